The first kappa shape index (κ1) is 18.4. The highest BCUT2D eigenvalue weighted by Crippen LogP contribution is 2.30. The van der Waals surface area contributed by atoms with Gasteiger partial charge in [-0.2, -0.15) is 10.2 Å². The third-order valence-corrected chi connectivity index (χ3v) is 4.27. The van der Waals surface area contributed by atoms with Gasteiger partial charge in [-0.1, -0.05) is 27.5 Å². The maximum absolute atomic E-state index is 12.1. The van der Waals surface area contributed by atoms with E-state index in [0.29, 0.717) is 35.5 Å². The fourth-order valence-electron chi connectivity index (χ4n) is 2.23. The van der Waals surface area contributed by atoms with Gasteiger partial charge < -0.3 is 4.74 Å². The maximum atomic E-state index is 12.1. The molecular weight excluding hydrogens is 424 g/mol. The van der Waals surface area contributed by atoms with Crippen LogP contribution in [0.3, 0.4) is 0 Å². The van der Waals surface area contributed by atoms with E-state index in [4.69, 9.17) is 16.3 Å². The van der Waals surface area contributed by atoms with Gasteiger partial charge in [0.25, 0.3) is 0 Å². The lowest BCUT2D eigenvalue weighted by Gasteiger charge is -2.03. The molecule has 0 unspecified atom stereocenters. The van der Waals surface area contributed by atoms with Crippen LogP contribution in [0.15, 0.2) is 41.0 Å². The summed E-state index contributed by atoms with van der Waals surface area (Å²) in [6.07, 6.45) is 1.76. The van der Waals surface area contributed by atoms with E-state index in [1.165, 1.54) is 0 Å². The molecule has 26 heavy (non-hydrogen) atoms. The molecule has 2 amide bonds. The van der Waals surface area contributed by atoms with E-state index in [1.54, 1.807) is 36.2 Å². The van der Waals surface area contributed by atoms with Crippen LogP contribution in [0.1, 0.15) is 0 Å². The van der Waals surface area contributed by atoms with Crippen molar-refractivity contribution in [1.29, 1.82) is 0 Å². The van der Waals surface area contributed by atoms with Crippen LogP contribution >= 0.6 is 27.5 Å². The van der Waals surface area contributed by atoms with E-state index in [0.717, 1.165) is 10.0 Å². The maximum Gasteiger partial charge on any atom is 0.326 e. The molecule has 0 aliphatic carbocycles. The van der Waals surface area contributed by atoms with Gasteiger partial charge in [0.1, 0.15) is 0 Å². The number of hydrogen-bond donors (Lipinski definition) is 3. The fraction of sp³-hybridized carbons (Fsp3) is 0.188. The number of aromatic nitrogens is 4. The first-order valence-electron chi connectivity index (χ1n) is 7.66. The SMILES string of the molecule is COCCn1ccc(NC(=O)Nc2cc(-c3cc(Br)ccc3Cl)[nH]n2)n1. The molecule has 2 aromatic heterocycles. The third kappa shape index (κ3) is 4.63. The molecule has 0 aliphatic rings. The molecule has 0 bridgehead atoms. The molecule has 1 aromatic carbocycles. The van der Waals surface area contributed by atoms with Gasteiger partial charge in [0.2, 0.25) is 0 Å². The largest absolute Gasteiger partial charge is 0.383 e. The zero-order valence-electron chi connectivity index (χ0n) is 13.8. The van der Waals surface area contributed by atoms with Crippen molar-refractivity contribution in [2.45, 2.75) is 6.54 Å². The highest BCUT2D eigenvalue weighted by atomic mass is 79.9. The number of H-pyrrole nitrogens is 1. The molecule has 0 radical (unpaired) electrons. The van der Waals surface area contributed by atoms with Gasteiger partial charge in [0, 0.05) is 35.5 Å². The van der Waals surface area contributed by atoms with Gasteiger partial charge in [-0.3, -0.25) is 20.4 Å². The standard InChI is InChI=1S/C16H16BrClN6O2/c1-26-7-6-24-5-4-14(23-24)19-16(25)20-15-9-13(21-22-15)11-8-10(17)2-3-12(11)18/h2-5,8-9H,6-7H2,1H3,(H3,19,20,21,22,23,25). The van der Waals surface area contributed by atoms with Gasteiger partial charge in [-0.05, 0) is 18.2 Å². The number of halogens is 2. The highest BCUT2D eigenvalue weighted by molar-refractivity contribution is 9.10. The molecule has 0 aliphatic heterocycles. The number of aromatic amines is 1. The smallest absolute Gasteiger partial charge is 0.326 e. The van der Waals surface area contributed by atoms with Crippen molar-refractivity contribution in [1.82, 2.24) is 20.0 Å². The molecule has 3 N–H and O–H groups in total. The van der Waals surface area contributed by atoms with Crippen molar-refractivity contribution < 1.29 is 9.53 Å². The summed E-state index contributed by atoms with van der Waals surface area (Å²) in [5.41, 5.74) is 1.47. The number of urea groups is 1. The monoisotopic (exact) mass is 438 g/mol. The van der Waals surface area contributed by atoms with E-state index in [9.17, 15) is 4.79 Å². The summed E-state index contributed by atoms with van der Waals surface area (Å²) in [6, 6.07) is 8.45. The second-order valence-electron chi connectivity index (χ2n) is 5.33. The van der Waals surface area contributed by atoms with Crippen LogP contribution in [0.25, 0.3) is 11.3 Å². The number of nitrogens with zero attached hydrogens (tertiary/aromatic N) is 3. The number of rotatable bonds is 6. The lowest BCUT2D eigenvalue weighted by Crippen LogP contribution is -2.20. The second kappa shape index (κ2) is 8.35. The number of hydrogen-bond acceptors (Lipinski definition) is 4. The molecule has 3 aromatic rings. The number of carbonyl (C=O) groups is 1. The average molecular weight is 440 g/mol. The Morgan fingerprint density at radius 1 is 1.31 bits per heavy atom. The van der Waals surface area contributed by atoms with Crippen LogP contribution in [0.4, 0.5) is 16.4 Å². The van der Waals surface area contributed by atoms with Crippen molar-refractivity contribution in [2.75, 3.05) is 24.4 Å². The van der Waals surface area contributed by atoms with E-state index in [1.807, 2.05) is 12.1 Å². The molecule has 2 heterocycles. The van der Waals surface area contributed by atoms with Gasteiger partial charge in [0.15, 0.2) is 11.6 Å². The predicted molar refractivity (Wildman–Crippen MR) is 103 cm³/mol. The number of carbonyl (C=O) groups excluding carboxylic acids is 1. The van der Waals surface area contributed by atoms with Crippen molar-refractivity contribution in [3.8, 4) is 11.3 Å². The van der Waals surface area contributed by atoms with Crippen molar-refractivity contribution in [3.63, 3.8) is 0 Å². The summed E-state index contributed by atoms with van der Waals surface area (Å²) < 4.78 is 7.56. The summed E-state index contributed by atoms with van der Waals surface area (Å²) in [5.74, 6) is 0.803. The third-order valence-electron chi connectivity index (χ3n) is 3.44. The molecule has 0 atom stereocenters. The predicted octanol–water partition coefficient (Wildman–Crippen LogP) is 3.98. The second-order valence-corrected chi connectivity index (χ2v) is 6.65. The van der Waals surface area contributed by atoms with Crippen LogP contribution in [0, 0.1) is 0 Å². The minimum atomic E-state index is -0.444. The first-order valence-corrected chi connectivity index (χ1v) is 8.83. The van der Waals surface area contributed by atoms with Crippen LogP contribution in [-0.2, 0) is 11.3 Å². The van der Waals surface area contributed by atoms with Crippen molar-refractivity contribution >= 4 is 45.2 Å². The number of amides is 2. The minimum absolute atomic E-state index is 0.368. The Labute approximate surface area is 163 Å². The van der Waals surface area contributed by atoms with Gasteiger partial charge in [0.05, 0.1) is 23.9 Å². The van der Waals surface area contributed by atoms with Gasteiger partial charge in [-0.25, -0.2) is 4.79 Å². The van der Waals surface area contributed by atoms with Crippen LogP contribution in [0.2, 0.25) is 5.02 Å². The fourth-order valence-corrected chi connectivity index (χ4v) is 2.81. The molecular formula is C16H16BrClN6O2. The number of anilines is 2. The topological polar surface area (TPSA) is 96.9 Å². The summed E-state index contributed by atoms with van der Waals surface area (Å²) in [7, 11) is 1.62. The minimum Gasteiger partial charge on any atom is -0.383 e. The van der Waals surface area contributed by atoms with E-state index in [-0.39, 0.29) is 0 Å². The molecule has 3 rings (SSSR count). The molecule has 136 valence electrons. The van der Waals surface area contributed by atoms with Crippen LogP contribution < -0.4 is 10.6 Å². The molecule has 0 saturated carbocycles. The average Bonchev–Trinajstić information content (AvgIpc) is 3.24. The van der Waals surface area contributed by atoms with Crippen molar-refractivity contribution in [2.24, 2.45) is 0 Å². The zero-order chi connectivity index (χ0) is 18.5. The van der Waals surface area contributed by atoms with E-state index >= 15 is 0 Å². The Kier molecular flexibility index (Phi) is 5.92. The zero-order valence-corrected chi connectivity index (χ0v) is 16.1. The molecule has 10 heteroatoms. The molecule has 8 nitrogen and oxygen atoms in total. The van der Waals surface area contributed by atoms with E-state index < -0.39 is 6.03 Å². The summed E-state index contributed by atoms with van der Waals surface area (Å²) in [5, 5.41) is 17.0. The number of ether oxygens (including phenoxy) is 1. The Bertz CT molecular complexity index is 910. The quantitative estimate of drug-likeness (QED) is 0.541. The first-order chi connectivity index (χ1) is 12.5. The molecule has 0 spiro atoms. The lowest BCUT2D eigenvalue weighted by atomic mass is 10.1. The molecule has 0 fully saturated rings. The van der Waals surface area contributed by atoms with Crippen LogP contribution in [-0.4, -0.2) is 39.7 Å². The normalized spacial score (nSPS) is 10.7. The highest BCUT2D eigenvalue weighted by Gasteiger charge is 2.11. The Balaban J connectivity index is 1.62. The Morgan fingerprint density at radius 2 is 2.12 bits per heavy atom. The summed E-state index contributed by atoms with van der Waals surface area (Å²) >= 11 is 9.61. The number of nitrogens with one attached hydrogen (secondary N) is 3. The summed E-state index contributed by atoms with van der Waals surface area (Å²) in [4.78, 5) is 12.1. The Morgan fingerprint density at radius 3 is 2.92 bits per heavy atom. The lowest BCUT2D eigenvalue weighted by molar-refractivity contribution is 0.183. The van der Waals surface area contributed by atoms with Crippen molar-refractivity contribution in [3.05, 3.63) is 46.0 Å². The Hall–Kier alpha value is -2.36. The van der Waals surface area contributed by atoms with Gasteiger partial charge in [-0.15, -0.1) is 0 Å². The van der Waals surface area contributed by atoms with E-state index in [2.05, 4.69) is 41.9 Å². The number of methoxy groups -OCH3 is 1. The number of benzene rings is 1. The van der Waals surface area contributed by atoms with Gasteiger partial charge >= 0.3 is 6.03 Å². The molecule has 0 saturated heterocycles. The summed E-state index contributed by atoms with van der Waals surface area (Å²) in [6.45, 7) is 1.15. The van der Waals surface area contributed by atoms with Crippen LogP contribution in [0.5, 0.6) is 0 Å².